The van der Waals surface area contributed by atoms with Crippen molar-refractivity contribution in [3.8, 4) is 0 Å². The Morgan fingerprint density at radius 3 is 2.81 bits per heavy atom. The van der Waals surface area contributed by atoms with Crippen LogP contribution >= 0.6 is 0 Å². The fraction of sp³-hybridized carbons (Fsp3) is 0.231. The van der Waals surface area contributed by atoms with Crippen LogP contribution < -0.4 is 0 Å². The summed E-state index contributed by atoms with van der Waals surface area (Å²) < 4.78 is 25.8. The first-order valence-corrected chi connectivity index (χ1v) is 5.46. The highest BCUT2D eigenvalue weighted by Gasteiger charge is 2.44. The Bertz CT molecular complexity index is 503. The highest BCUT2D eigenvalue weighted by atomic mass is 19.2. The normalized spacial score (nSPS) is 25.3. The van der Waals surface area contributed by atoms with E-state index in [4.69, 9.17) is 0 Å². The predicted molar refractivity (Wildman–Crippen MR) is 61.9 cm³/mol. The molecule has 3 rings (SSSR count). The summed E-state index contributed by atoms with van der Waals surface area (Å²) in [7, 11) is -2.34. The second-order valence-electron chi connectivity index (χ2n) is 4.43. The van der Waals surface area contributed by atoms with Gasteiger partial charge in [0, 0.05) is 11.8 Å². The molecule has 2 aliphatic carbocycles. The molecule has 0 fully saturated rings. The van der Waals surface area contributed by atoms with Crippen molar-refractivity contribution in [3.63, 3.8) is 0 Å². The number of benzene rings is 1. The first-order chi connectivity index (χ1) is 7.70. The van der Waals surface area contributed by atoms with Gasteiger partial charge in [0.15, 0.2) is 0 Å². The minimum absolute atomic E-state index is 0.0822. The zero-order chi connectivity index (χ0) is 11.3. The molecule has 0 heterocycles. The molecule has 3 heteroatoms. The Labute approximate surface area is 93.8 Å². The molecule has 0 radical (unpaired) electrons. The van der Waals surface area contributed by atoms with E-state index in [1.54, 1.807) is 12.2 Å². The summed E-state index contributed by atoms with van der Waals surface area (Å²) in [6, 6.07) is 6.04. The fourth-order valence-electron chi connectivity index (χ4n) is 2.87. The van der Waals surface area contributed by atoms with Crippen molar-refractivity contribution >= 4 is 7.27 Å². The molecule has 0 spiro atoms. The van der Waals surface area contributed by atoms with E-state index in [9.17, 15) is 8.63 Å². The zero-order valence-electron chi connectivity index (χ0n) is 8.95. The maximum Gasteiger partial charge on any atom is 0.568 e. The molecular weight excluding hydrogens is 205 g/mol. The number of halogens is 2. The average Bonchev–Trinajstić information content (AvgIpc) is 2.24. The zero-order valence-corrected chi connectivity index (χ0v) is 8.95. The Hall–Kier alpha value is -1.38. The van der Waals surface area contributed by atoms with Crippen LogP contribution in [0.15, 0.2) is 41.9 Å². The van der Waals surface area contributed by atoms with Crippen molar-refractivity contribution in [3.05, 3.63) is 58.6 Å². The third kappa shape index (κ3) is 1.14. The van der Waals surface area contributed by atoms with E-state index in [0.717, 1.165) is 11.1 Å². The van der Waals surface area contributed by atoms with E-state index in [1.165, 1.54) is 5.56 Å². The van der Waals surface area contributed by atoms with Crippen molar-refractivity contribution in [2.24, 2.45) is 0 Å². The molecule has 0 amide bonds. The van der Waals surface area contributed by atoms with Gasteiger partial charge in [-0.25, -0.2) is 0 Å². The summed E-state index contributed by atoms with van der Waals surface area (Å²) >= 11 is 0. The van der Waals surface area contributed by atoms with E-state index < -0.39 is 7.27 Å². The summed E-state index contributed by atoms with van der Waals surface area (Å²) in [6.07, 6.45) is 5.35. The van der Waals surface area contributed by atoms with E-state index in [-0.39, 0.29) is 17.3 Å². The molecule has 80 valence electrons. The monoisotopic (exact) mass is 216 g/mol. The molecule has 2 unspecified atom stereocenters. The first-order valence-electron chi connectivity index (χ1n) is 5.46. The van der Waals surface area contributed by atoms with Gasteiger partial charge in [-0.3, -0.25) is 8.63 Å². The van der Waals surface area contributed by atoms with Crippen LogP contribution in [0.1, 0.15) is 28.5 Å². The van der Waals surface area contributed by atoms with Crippen LogP contribution in [0, 0.1) is 6.92 Å². The molecular formula is C13H11BF2. The third-order valence-corrected chi connectivity index (χ3v) is 3.61. The molecule has 0 aromatic heterocycles. The Kier molecular flexibility index (Phi) is 2.03. The molecule has 2 aliphatic rings. The maximum atomic E-state index is 12.9. The summed E-state index contributed by atoms with van der Waals surface area (Å²) in [4.78, 5) is 0. The standard InChI is InChI=1S/C13H11BF2/c1-8-4-2-5-9-10-6-3-7-11(14(15)16)13(10)12(8)9/h2-7,10,13H,1H3. The molecule has 2 atom stereocenters. The summed E-state index contributed by atoms with van der Waals surface area (Å²) in [6.45, 7) is 2.00. The van der Waals surface area contributed by atoms with Gasteiger partial charge in [0.05, 0.1) is 0 Å². The molecule has 0 saturated carbocycles. The molecule has 0 nitrogen and oxygen atoms in total. The highest BCUT2D eigenvalue weighted by Crippen LogP contribution is 2.54. The molecule has 0 N–H and O–H groups in total. The quantitative estimate of drug-likeness (QED) is 0.628. The Balaban J connectivity index is 2.12. The fourth-order valence-corrected chi connectivity index (χ4v) is 2.87. The molecule has 0 saturated heterocycles. The summed E-state index contributed by atoms with van der Waals surface area (Å²) in [5.74, 6) is 0.0881. The van der Waals surface area contributed by atoms with Gasteiger partial charge in [-0.1, -0.05) is 36.4 Å². The first kappa shape index (κ1) is 9.82. The van der Waals surface area contributed by atoms with Gasteiger partial charge in [-0.15, -0.1) is 0 Å². The number of aryl methyl sites for hydroxylation is 1. The highest BCUT2D eigenvalue weighted by molar-refractivity contribution is 6.52. The van der Waals surface area contributed by atoms with Gasteiger partial charge in [0.25, 0.3) is 0 Å². The van der Waals surface area contributed by atoms with Gasteiger partial charge in [0.1, 0.15) is 0 Å². The van der Waals surface area contributed by atoms with E-state index in [0.29, 0.717) is 0 Å². The van der Waals surface area contributed by atoms with Crippen molar-refractivity contribution in [1.29, 1.82) is 0 Å². The number of allylic oxidation sites excluding steroid dienone is 4. The minimum atomic E-state index is -2.34. The van der Waals surface area contributed by atoms with E-state index in [1.807, 2.05) is 31.2 Å². The van der Waals surface area contributed by atoms with Crippen molar-refractivity contribution in [2.75, 3.05) is 0 Å². The molecule has 1 aromatic rings. The third-order valence-electron chi connectivity index (χ3n) is 3.61. The minimum Gasteiger partial charge on any atom is -0.281 e. The number of rotatable bonds is 1. The van der Waals surface area contributed by atoms with Gasteiger partial charge >= 0.3 is 7.27 Å². The molecule has 16 heavy (non-hydrogen) atoms. The smallest absolute Gasteiger partial charge is 0.281 e. The van der Waals surface area contributed by atoms with Gasteiger partial charge < -0.3 is 0 Å². The Morgan fingerprint density at radius 2 is 2.06 bits per heavy atom. The van der Waals surface area contributed by atoms with E-state index in [2.05, 4.69) is 0 Å². The van der Waals surface area contributed by atoms with Crippen LogP contribution in [0.3, 0.4) is 0 Å². The van der Waals surface area contributed by atoms with Crippen LogP contribution in [0.25, 0.3) is 0 Å². The lowest BCUT2D eigenvalue weighted by molar-refractivity contribution is 0.584. The van der Waals surface area contributed by atoms with Crippen molar-refractivity contribution in [2.45, 2.75) is 18.8 Å². The van der Waals surface area contributed by atoms with Crippen LogP contribution in [-0.4, -0.2) is 7.27 Å². The number of fused-ring (bicyclic) bond motifs is 4. The second-order valence-corrected chi connectivity index (χ2v) is 4.43. The van der Waals surface area contributed by atoms with Crippen LogP contribution in [0.5, 0.6) is 0 Å². The summed E-state index contributed by atoms with van der Waals surface area (Å²) in [5.41, 5.74) is 3.73. The molecule has 1 aromatic carbocycles. The predicted octanol–water partition coefficient (Wildman–Crippen LogP) is 3.64. The van der Waals surface area contributed by atoms with Gasteiger partial charge in [-0.2, -0.15) is 0 Å². The Morgan fingerprint density at radius 1 is 1.25 bits per heavy atom. The van der Waals surface area contributed by atoms with Crippen LogP contribution in [0.2, 0.25) is 0 Å². The SMILES string of the molecule is Cc1cccc2c1C1C(B(F)F)=CC=CC21. The lowest BCUT2D eigenvalue weighted by Gasteiger charge is -2.42. The van der Waals surface area contributed by atoms with Crippen molar-refractivity contribution < 1.29 is 8.63 Å². The molecule has 0 aliphatic heterocycles. The molecule has 0 bridgehead atoms. The average molecular weight is 216 g/mol. The lowest BCUT2D eigenvalue weighted by atomic mass is 9.55. The lowest BCUT2D eigenvalue weighted by Crippen LogP contribution is -2.30. The topological polar surface area (TPSA) is 0 Å². The number of hydrogen-bond acceptors (Lipinski definition) is 0. The second kappa shape index (κ2) is 3.31. The van der Waals surface area contributed by atoms with Crippen LogP contribution in [0.4, 0.5) is 8.63 Å². The maximum absolute atomic E-state index is 12.9. The van der Waals surface area contributed by atoms with E-state index >= 15 is 0 Å². The van der Waals surface area contributed by atoms with Gasteiger partial charge in [-0.05, 0) is 29.1 Å². The largest absolute Gasteiger partial charge is 0.568 e. The summed E-state index contributed by atoms with van der Waals surface area (Å²) in [5, 5.41) is 0. The van der Waals surface area contributed by atoms with Crippen LogP contribution in [-0.2, 0) is 0 Å². The number of hydrogen-bond donors (Lipinski definition) is 0. The van der Waals surface area contributed by atoms with Crippen molar-refractivity contribution in [1.82, 2.24) is 0 Å². The van der Waals surface area contributed by atoms with Gasteiger partial charge in [0.2, 0.25) is 0 Å².